The first-order valence-corrected chi connectivity index (χ1v) is 5.17. The van der Waals surface area contributed by atoms with E-state index in [1.54, 1.807) is 11.8 Å². The van der Waals surface area contributed by atoms with Crippen molar-refractivity contribution in [2.45, 2.75) is 6.92 Å². The summed E-state index contributed by atoms with van der Waals surface area (Å²) in [5, 5.41) is 1.09. The van der Waals surface area contributed by atoms with Crippen LogP contribution in [0.3, 0.4) is 0 Å². The summed E-state index contributed by atoms with van der Waals surface area (Å²) in [7, 11) is 0. The average Bonchev–Trinajstić information content (AvgIpc) is 2.20. The maximum atomic E-state index is 5.12. The third-order valence-corrected chi connectivity index (χ3v) is 2.80. The maximum Gasteiger partial charge on any atom is 0.139 e. The van der Waals surface area contributed by atoms with Gasteiger partial charge in [-0.1, -0.05) is 41.6 Å². The fraction of sp³-hybridized carbons (Fsp3) is 0.300. The molecule has 68 valence electrons. The Hall–Kier alpha value is -0.800. The zero-order valence-electron chi connectivity index (χ0n) is 7.49. The second-order valence-electron chi connectivity index (χ2n) is 2.92. The van der Waals surface area contributed by atoms with Crippen molar-refractivity contribution in [1.82, 2.24) is 0 Å². The molecule has 0 saturated heterocycles. The van der Waals surface area contributed by atoms with Crippen molar-refractivity contribution in [3.8, 4) is 0 Å². The number of benzene rings is 1. The van der Waals surface area contributed by atoms with Crippen LogP contribution >= 0.6 is 11.8 Å². The van der Waals surface area contributed by atoms with Gasteiger partial charge in [0.25, 0.3) is 0 Å². The Bertz CT molecular complexity index is 318. The number of rotatable bonds is 1. The third-order valence-electron chi connectivity index (χ3n) is 1.88. The highest BCUT2D eigenvalue weighted by Crippen LogP contribution is 2.17. The van der Waals surface area contributed by atoms with Crippen molar-refractivity contribution in [1.29, 1.82) is 0 Å². The van der Waals surface area contributed by atoms with Crippen molar-refractivity contribution < 1.29 is 4.74 Å². The monoisotopic (exact) mass is 193 g/mol. The highest BCUT2D eigenvalue weighted by atomic mass is 32.2. The standard InChI is InChI=1S/C10H11NOS/c1-8-2-4-9(5-3-8)10-11-6-12-7-13-10/h2-5H,6-7H2,1H3. The average molecular weight is 193 g/mol. The molecule has 0 saturated carbocycles. The Kier molecular flexibility index (Phi) is 2.66. The van der Waals surface area contributed by atoms with Crippen molar-refractivity contribution >= 4 is 16.8 Å². The van der Waals surface area contributed by atoms with Crippen molar-refractivity contribution in [2.24, 2.45) is 4.99 Å². The lowest BCUT2D eigenvalue weighted by Gasteiger charge is -2.11. The van der Waals surface area contributed by atoms with E-state index >= 15 is 0 Å². The van der Waals surface area contributed by atoms with Crippen LogP contribution in [-0.2, 0) is 4.74 Å². The number of ether oxygens (including phenoxy) is 1. The van der Waals surface area contributed by atoms with Crippen molar-refractivity contribution in [3.63, 3.8) is 0 Å². The largest absolute Gasteiger partial charge is 0.348 e. The Labute approximate surface area is 82.0 Å². The van der Waals surface area contributed by atoms with E-state index in [2.05, 4.69) is 36.2 Å². The molecule has 0 aromatic heterocycles. The van der Waals surface area contributed by atoms with Gasteiger partial charge >= 0.3 is 0 Å². The fourth-order valence-electron chi connectivity index (χ4n) is 1.16. The van der Waals surface area contributed by atoms with Gasteiger partial charge in [-0.2, -0.15) is 0 Å². The summed E-state index contributed by atoms with van der Waals surface area (Å²) in [6.07, 6.45) is 0. The molecule has 0 atom stereocenters. The minimum atomic E-state index is 0.496. The van der Waals surface area contributed by atoms with Crippen LogP contribution < -0.4 is 0 Å². The van der Waals surface area contributed by atoms with Crippen molar-refractivity contribution in [3.05, 3.63) is 35.4 Å². The number of hydrogen-bond acceptors (Lipinski definition) is 3. The Morgan fingerprint density at radius 3 is 2.69 bits per heavy atom. The maximum absolute atomic E-state index is 5.12. The highest BCUT2D eigenvalue weighted by molar-refractivity contribution is 8.14. The molecule has 0 fully saturated rings. The quantitative estimate of drug-likeness (QED) is 0.683. The number of aryl methyl sites for hydroxylation is 1. The van der Waals surface area contributed by atoms with Crippen LogP contribution in [0.4, 0.5) is 0 Å². The molecular weight excluding hydrogens is 182 g/mol. The smallest absolute Gasteiger partial charge is 0.139 e. The van der Waals surface area contributed by atoms with Crippen LogP contribution in [0.1, 0.15) is 11.1 Å². The number of hydrogen-bond donors (Lipinski definition) is 0. The zero-order chi connectivity index (χ0) is 9.10. The van der Waals surface area contributed by atoms with Gasteiger partial charge in [-0.3, -0.25) is 0 Å². The third kappa shape index (κ3) is 2.11. The summed E-state index contributed by atoms with van der Waals surface area (Å²) in [5.41, 5.74) is 2.47. The van der Waals surface area contributed by atoms with Gasteiger partial charge in [-0.25, -0.2) is 4.99 Å². The molecule has 0 N–H and O–H groups in total. The van der Waals surface area contributed by atoms with Gasteiger partial charge in [-0.15, -0.1) is 0 Å². The second-order valence-corrected chi connectivity index (χ2v) is 3.84. The van der Waals surface area contributed by atoms with Crippen molar-refractivity contribution in [2.75, 3.05) is 12.7 Å². The topological polar surface area (TPSA) is 21.6 Å². The van der Waals surface area contributed by atoms with E-state index in [1.165, 1.54) is 11.1 Å². The molecule has 13 heavy (non-hydrogen) atoms. The summed E-state index contributed by atoms with van der Waals surface area (Å²) < 4.78 is 5.12. The first kappa shape index (κ1) is 8.78. The highest BCUT2D eigenvalue weighted by Gasteiger charge is 2.07. The van der Waals surface area contributed by atoms with Gasteiger partial charge in [0.1, 0.15) is 17.7 Å². The summed E-state index contributed by atoms with van der Waals surface area (Å²) in [5.74, 6) is 0.715. The van der Waals surface area contributed by atoms with E-state index in [1.807, 2.05) is 0 Å². The molecule has 0 spiro atoms. The molecule has 0 unspecified atom stereocenters. The molecule has 1 aliphatic heterocycles. The molecule has 1 aromatic rings. The summed E-state index contributed by atoms with van der Waals surface area (Å²) in [6.45, 7) is 2.58. The van der Waals surface area contributed by atoms with Crippen LogP contribution in [0, 0.1) is 6.92 Å². The molecule has 1 aromatic carbocycles. The van der Waals surface area contributed by atoms with E-state index in [-0.39, 0.29) is 0 Å². The number of aliphatic imine (C=N–C) groups is 1. The molecule has 2 nitrogen and oxygen atoms in total. The summed E-state index contributed by atoms with van der Waals surface area (Å²) in [4.78, 5) is 4.29. The van der Waals surface area contributed by atoms with Gasteiger partial charge in [0.15, 0.2) is 0 Å². The van der Waals surface area contributed by atoms with E-state index in [0.717, 1.165) is 5.04 Å². The van der Waals surface area contributed by atoms with Crippen LogP contribution in [0.15, 0.2) is 29.3 Å². The lowest BCUT2D eigenvalue weighted by atomic mass is 10.2. The van der Waals surface area contributed by atoms with Gasteiger partial charge < -0.3 is 4.74 Å². The van der Waals surface area contributed by atoms with Gasteiger partial charge in [0.05, 0.1) is 0 Å². The normalized spacial score (nSPS) is 16.8. The van der Waals surface area contributed by atoms with Crippen LogP contribution in [0.25, 0.3) is 0 Å². The molecule has 0 amide bonds. The minimum absolute atomic E-state index is 0.496. The molecule has 3 heteroatoms. The lowest BCUT2D eigenvalue weighted by molar-refractivity contribution is 0.191. The summed E-state index contributed by atoms with van der Waals surface area (Å²) in [6, 6.07) is 8.42. The van der Waals surface area contributed by atoms with Gasteiger partial charge in [0.2, 0.25) is 0 Å². The molecule has 1 heterocycles. The van der Waals surface area contributed by atoms with Crippen LogP contribution in [0.5, 0.6) is 0 Å². The van der Waals surface area contributed by atoms with Crippen LogP contribution in [0.2, 0.25) is 0 Å². The molecule has 0 aliphatic carbocycles. The molecule has 0 bridgehead atoms. The molecular formula is C10H11NOS. The van der Waals surface area contributed by atoms with E-state index in [4.69, 9.17) is 4.74 Å². The van der Waals surface area contributed by atoms with Gasteiger partial charge in [-0.05, 0) is 6.92 Å². The first-order chi connectivity index (χ1) is 6.36. The molecule has 0 radical (unpaired) electrons. The predicted octanol–water partition coefficient (Wildman–Crippen LogP) is 2.42. The van der Waals surface area contributed by atoms with Gasteiger partial charge in [0, 0.05) is 5.56 Å². The zero-order valence-corrected chi connectivity index (χ0v) is 8.30. The Morgan fingerprint density at radius 1 is 1.31 bits per heavy atom. The SMILES string of the molecule is Cc1ccc(C2=NCOCS2)cc1. The number of thioether (sulfide) groups is 1. The number of nitrogens with zero attached hydrogens (tertiary/aromatic N) is 1. The summed E-state index contributed by atoms with van der Waals surface area (Å²) >= 11 is 1.65. The van der Waals surface area contributed by atoms with E-state index in [9.17, 15) is 0 Å². The van der Waals surface area contributed by atoms with E-state index < -0.39 is 0 Å². The molecule has 2 rings (SSSR count). The molecule has 1 aliphatic rings. The minimum Gasteiger partial charge on any atom is -0.348 e. The fourth-order valence-corrected chi connectivity index (χ4v) is 1.87. The predicted molar refractivity (Wildman–Crippen MR) is 56.1 cm³/mol. The lowest BCUT2D eigenvalue weighted by Crippen LogP contribution is -2.07. The first-order valence-electron chi connectivity index (χ1n) is 4.18. The Balaban J connectivity index is 2.24. The van der Waals surface area contributed by atoms with E-state index in [0.29, 0.717) is 12.7 Å². The Morgan fingerprint density at radius 2 is 2.08 bits per heavy atom. The second kappa shape index (κ2) is 3.94. The van der Waals surface area contributed by atoms with Crippen LogP contribution in [-0.4, -0.2) is 17.7 Å².